The Morgan fingerprint density at radius 3 is 1.95 bits per heavy atom. The number of carboxylic acid groups (broad SMARTS) is 2. The van der Waals surface area contributed by atoms with E-state index in [4.69, 9.17) is 29.3 Å². The lowest BCUT2D eigenvalue weighted by atomic mass is 9.88. The number of hydrogen-bond donors (Lipinski definition) is 2. The summed E-state index contributed by atoms with van der Waals surface area (Å²) in [6, 6.07) is 14.5. The summed E-state index contributed by atoms with van der Waals surface area (Å²) < 4.78 is 74.5. The second kappa shape index (κ2) is 15.1. The van der Waals surface area contributed by atoms with Gasteiger partial charge in [0.05, 0.1) is 18.9 Å². The Hall–Kier alpha value is -3.39. The lowest BCUT2D eigenvalue weighted by Gasteiger charge is -2.38. The standard InChI is InChI=1S/C20H26N2O2.2C2HF3O2/c1-23-19-8-6-16(7-9-19)13-17-14-22(12-10-20(17)24-2)15-18-5-3-4-11-21-18;2*3-2(4,5)1(6)7/h3-9,11,17,20H,10,12-15H2,1-2H3;2*(H,6,7)/t17-,20+;;/m0../s1. The van der Waals surface area contributed by atoms with Crippen LogP contribution in [-0.4, -0.2) is 77.8 Å². The molecule has 0 spiro atoms. The summed E-state index contributed by atoms with van der Waals surface area (Å²) in [5.74, 6) is -4.11. The average molecular weight is 554 g/mol. The summed E-state index contributed by atoms with van der Waals surface area (Å²) in [5.41, 5.74) is 2.47. The zero-order chi connectivity index (χ0) is 28.9. The second-order valence-electron chi connectivity index (χ2n) is 8.04. The highest BCUT2D eigenvalue weighted by Crippen LogP contribution is 2.25. The van der Waals surface area contributed by atoms with E-state index in [0.717, 1.165) is 43.9 Å². The molecule has 1 aliphatic heterocycles. The van der Waals surface area contributed by atoms with Crippen LogP contribution in [0.2, 0.25) is 0 Å². The number of carboxylic acids is 2. The first kappa shape index (κ1) is 32.6. The van der Waals surface area contributed by atoms with Gasteiger partial charge in [-0.15, -0.1) is 0 Å². The molecule has 2 aromatic rings. The van der Waals surface area contributed by atoms with Gasteiger partial charge >= 0.3 is 24.3 Å². The maximum absolute atomic E-state index is 10.6. The molecule has 2 heterocycles. The van der Waals surface area contributed by atoms with Crippen LogP contribution in [-0.2, 0) is 27.3 Å². The highest BCUT2D eigenvalue weighted by molar-refractivity contribution is 5.73. The van der Waals surface area contributed by atoms with Crippen LogP contribution in [0.3, 0.4) is 0 Å². The Bertz CT molecular complexity index is 963. The zero-order valence-electron chi connectivity index (χ0n) is 20.5. The van der Waals surface area contributed by atoms with Crippen LogP contribution in [0, 0.1) is 5.92 Å². The highest BCUT2D eigenvalue weighted by atomic mass is 19.4. The van der Waals surface area contributed by atoms with E-state index in [-0.39, 0.29) is 0 Å². The molecule has 1 saturated heterocycles. The van der Waals surface area contributed by atoms with Crippen LogP contribution in [0.5, 0.6) is 5.75 Å². The van der Waals surface area contributed by atoms with E-state index in [0.29, 0.717) is 12.0 Å². The van der Waals surface area contributed by atoms with Crippen molar-refractivity contribution < 1.29 is 55.6 Å². The molecule has 2 N–H and O–H groups in total. The molecule has 0 bridgehead atoms. The van der Waals surface area contributed by atoms with Crippen molar-refractivity contribution in [3.63, 3.8) is 0 Å². The predicted molar refractivity (Wildman–Crippen MR) is 122 cm³/mol. The Kier molecular flexibility index (Phi) is 13.0. The van der Waals surface area contributed by atoms with Crippen molar-refractivity contribution in [1.29, 1.82) is 0 Å². The van der Waals surface area contributed by atoms with E-state index in [1.165, 1.54) is 5.56 Å². The molecular formula is C24H28F6N2O6. The van der Waals surface area contributed by atoms with Crippen molar-refractivity contribution in [2.45, 2.75) is 37.8 Å². The SMILES string of the molecule is COc1ccc(C[C@H]2CN(Cc3ccccn3)CC[C@H]2OC)cc1.O=C(O)C(F)(F)F.O=C(O)C(F)(F)F. The van der Waals surface area contributed by atoms with Crippen LogP contribution < -0.4 is 4.74 Å². The number of methoxy groups -OCH3 is 2. The maximum Gasteiger partial charge on any atom is 0.490 e. The Balaban J connectivity index is 0.000000426. The number of hydrogen-bond acceptors (Lipinski definition) is 6. The normalized spacial score (nSPS) is 17.8. The molecule has 0 saturated carbocycles. The molecule has 38 heavy (non-hydrogen) atoms. The zero-order valence-corrected chi connectivity index (χ0v) is 20.5. The number of likely N-dealkylation sites (tertiary alicyclic amines) is 1. The molecule has 0 radical (unpaired) electrons. The van der Waals surface area contributed by atoms with Gasteiger partial charge in [-0.25, -0.2) is 9.59 Å². The van der Waals surface area contributed by atoms with Gasteiger partial charge in [-0.3, -0.25) is 9.88 Å². The van der Waals surface area contributed by atoms with E-state index in [1.54, 1.807) is 7.11 Å². The number of aliphatic carboxylic acids is 2. The van der Waals surface area contributed by atoms with Crippen molar-refractivity contribution in [3.05, 3.63) is 59.9 Å². The monoisotopic (exact) mass is 554 g/mol. The first-order valence-electron chi connectivity index (χ1n) is 11.1. The fourth-order valence-electron chi connectivity index (χ4n) is 3.52. The molecule has 0 amide bonds. The Labute approximate surface area is 214 Å². The van der Waals surface area contributed by atoms with E-state index < -0.39 is 24.3 Å². The molecule has 1 fully saturated rings. The lowest BCUT2D eigenvalue weighted by molar-refractivity contribution is -0.193. The number of piperidine rings is 1. The van der Waals surface area contributed by atoms with Crippen molar-refractivity contribution in [2.24, 2.45) is 5.92 Å². The average Bonchev–Trinajstić information content (AvgIpc) is 2.85. The summed E-state index contributed by atoms with van der Waals surface area (Å²) in [7, 11) is 3.53. The van der Waals surface area contributed by atoms with Gasteiger partial charge in [-0.2, -0.15) is 26.3 Å². The number of halogens is 6. The minimum absolute atomic E-state index is 0.326. The van der Waals surface area contributed by atoms with Crippen LogP contribution in [0.15, 0.2) is 48.7 Å². The van der Waals surface area contributed by atoms with Gasteiger partial charge in [0.1, 0.15) is 5.75 Å². The number of ether oxygens (including phenoxy) is 2. The third kappa shape index (κ3) is 12.2. The molecule has 3 rings (SSSR count). The number of nitrogens with zero attached hydrogens (tertiary/aromatic N) is 2. The number of carbonyl (C=O) groups is 2. The van der Waals surface area contributed by atoms with Crippen molar-refractivity contribution in [3.8, 4) is 5.75 Å². The Morgan fingerprint density at radius 2 is 1.53 bits per heavy atom. The number of alkyl halides is 6. The number of rotatable bonds is 6. The topological polar surface area (TPSA) is 109 Å². The fraction of sp³-hybridized carbons (Fsp3) is 0.458. The molecule has 8 nitrogen and oxygen atoms in total. The third-order valence-electron chi connectivity index (χ3n) is 5.30. The van der Waals surface area contributed by atoms with E-state index in [1.807, 2.05) is 31.5 Å². The molecule has 14 heteroatoms. The highest BCUT2D eigenvalue weighted by Gasteiger charge is 2.38. The minimum Gasteiger partial charge on any atom is -0.497 e. The number of aromatic nitrogens is 1. The molecule has 212 valence electrons. The molecule has 1 aromatic carbocycles. The van der Waals surface area contributed by atoms with E-state index >= 15 is 0 Å². The molecule has 1 aliphatic rings. The molecule has 1 aromatic heterocycles. The smallest absolute Gasteiger partial charge is 0.490 e. The summed E-state index contributed by atoms with van der Waals surface area (Å²) in [5, 5.41) is 14.2. The van der Waals surface area contributed by atoms with Gasteiger partial charge in [-0.1, -0.05) is 18.2 Å². The lowest BCUT2D eigenvalue weighted by Crippen LogP contribution is -2.44. The predicted octanol–water partition coefficient (Wildman–Crippen LogP) is 4.44. The van der Waals surface area contributed by atoms with Crippen molar-refractivity contribution in [2.75, 3.05) is 27.3 Å². The van der Waals surface area contributed by atoms with Gasteiger partial charge in [0.25, 0.3) is 0 Å². The van der Waals surface area contributed by atoms with E-state index in [9.17, 15) is 26.3 Å². The third-order valence-corrected chi connectivity index (χ3v) is 5.30. The summed E-state index contributed by atoms with van der Waals surface area (Å²) >= 11 is 0. The molecule has 0 aliphatic carbocycles. The molecule has 2 atom stereocenters. The van der Waals surface area contributed by atoms with Crippen LogP contribution in [0.1, 0.15) is 17.7 Å². The minimum atomic E-state index is -5.08. The number of benzene rings is 1. The summed E-state index contributed by atoms with van der Waals surface area (Å²) in [6.07, 6.45) is -5.87. The largest absolute Gasteiger partial charge is 0.497 e. The summed E-state index contributed by atoms with van der Waals surface area (Å²) in [6.45, 7) is 3.02. The van der Waals surface area contributed by atoms with Gasteiger partial charge in [0.15, 0.2) is 0 Å². The van der Waals surface area contributed by atoms with E-state index in [2.05, 4.69) is 34.1 Å². The summed E-state index contributed by atoms with van der Waals surface area (Å²) in [4.78, 5) is 24.7. The van der Waals surface area contributed by atoms with Crippen LogP contribution in [0.25, 0.3) is 0 Å². The van der Waals surface area contributed by atoms with Crippen molar-refractivity contribution in [1.82, 2.24) is 9.88 Å². The van der Waals surface area contributed by atoms with Gasteiger partial charge in [0.2, 0.25) is 0 Å². The second-order valence-corrected chi connectivity index (χ2v) is 8.04. The van der Waals surface area contributed by atoms with Gasteiger partial charge < -0.3 is 19.7 Å². The number of pyridine rings is 1. The quantitative estimate of drug-likeness (QED) is 0.505. The Morgan fingerprint density at radius 1 is 0.974 bits per heavy atom. The maximum atomic E-state index is 10.6. The van der Waals surface area contributed by atoms with Crippen molar-refractivity contribution >= 4 is 11.9 Å². The molecule has 0 unspecified atom stereocenters. The molecular weight excluding hydrogens is 526 g/mol. The first-order chi connectivity index (χ1) is 17.7. The van der Waals surface area contributed by atoms with Gasteiger partial charge in [0, 0.05) is 38.9 Å². The van der Waals surface area contributed by atoms with Crippen LogP contribution in [0.4, 0.5) is 26.3 Å². The first-order valence-corrected chi connectivity index (χ1v) is 11.1. The van der Waals surface area contributed by atoms with Crippen LogP contribution >= 0.6 is 0 Å². The van der Waals surface area contributed by atoms with Gasteiger partial charge in [-0.05, 0) is 42.7 Å². The fourth-order valence-corrected chi connectivity index (χ4v) is 3.52.